The van der Waals surface area contributed by atoms with Crippen LogP contribution in [0.25, 0.3) is 0 Å². The average molecular weight is 461 g/mol. The van der Waals surface area contributed by atoms with Crippen molar-refractivity contribution in [3.05, 3.63) is 18.0 Å². The van der Waals surface area contributed by atoms with Crippen LogP contribution in [0.2, 0.25) is 18.1 Å². The molecule has 1 amide bonds. The van der Waals surface area contributed by atoms with Crippen LogP contribution in [0.4, 0.5) is 19.1 Å². The number of piperidine rings is 1. The zero-order valence-electron chi connectivity index (χ0n) is 18.6. The number of carbonyl (C=O) groups is 1. The van der Waals surface area contributed by atoms with Crippen LogP contribution in [-0.2, 0) is 15.4 Å². The normalized spacial score (nSPS) is 26.0. The van der Waals surface area contributed by atoms with Gasteiger partial charge in [-0.15, -0.1) is 0 Å². The predicted octanol–water partition coefficient (Wildman–Crippen LogP) is 3.06. The third-order valence-electron chi connectivity index (χ3n) is 6.64. The molecule has 0 spiro atoms. The molecule has 174 valence electrons. The van der Waals surface area contributed by atoms with Crippen LogP contribution in [0.15, 0.2) is 12.4 Å². The maximum absolute atomic E-state index is 12.8. The lowest BCUT2D eigenvalue weighted by molar-refractivity contribution is -0.139. The standard InChI is InChI=1S/C20H31F3N4O3Si/c1-19(2,3)31(4,5)30-16-12-26(18-24-10-13(11-25-18)20(21,22)23)8-6-14(16)27-9-7-15(28)17(27)29/h10-11,14-16,28H,6-9,12H2,1-5H3/t14-,15+,16-/m1/s1. The minimum atomic E-state index is -4.49. The largest absolute Gasteiger partial charge is 0.419 e. The summed E-state index contributed by atoms with van der Waals surface area (Å²) in [5.41, 5.74) is -0.892. The second-order valence-electron chi connectivity index (χ2n) is 9.82. The van der Waals surface area contributed by atoms with Crippen molar-refractivity contribution in [2.45, 2.75) is 76.2 Å². The van der Waals surface area contributed by atoms with E-state index < -0.39 is 26.2 Å². The van der Waals surface area contributed by atoms with Crippen LogP contribution in [0.5, 0.6) is 0 Å². The Hall–Kier alpha value is -1.72. The first kappa shape index (κ1) is 23.9. The van der Waals surface area contributed by atoms with Gasteiger partial charge in [-0.3, -0.25) is 4.79 Å². The van der Waals surface area contributed by atoms with Gasteiger partial charge in [0.25, 0.3) is 5.91 Å². The summed E-state index contributed by atoms with van der Waals surface area (Å²) in [6, 6.07) is -0.204. The Morgan fingerprint density at radius 2 is 1.74 bits per heavy atom. The van der Waals surface area contributed by atoms with E-state index in [1.807, 2.05) is 4.90 Å². The van der Waals surface area contributed by atoms with Gasteiger partial charge >= 0.3 is 6.18 Å². The number of hydrogen-bond donors (Lipinski definition) is 1. The van der Waals surface area contributed by atoms with Crippen LogP contribution >= 0.6 is 0 Å². The molecule has 0 unspecified atom stereocenters. The van der Waals surface area contributed by atoms with E-state index in [1.165, 1.54) is 0 Å². The first-order valence-corrected chi connectivity index (χ1v) is 13.4. The lowest BCUT2D eigenvalue weighted by Crippen LogP contribution is -2.60. The third-order valence-corrected chi connectivity index (χ3v) is 11.1. The summed E-state index contributed by atoms with van der Waals surface area (Å²) in [5.74, 6) is -0.0730. The minimum absolute atomic E-state index is 0.0563. The number of hydrogen-bond acceptors (Lipinski definition) is 6. The highest BCUT2D eigenvalue weighted by Crippen LogP contribution is 2.39. The predicted molar refractivity (Wildman–Crippen MR) is 112 cm³/mol. The van der Waals surface area contributed by atoms with E-state index in [0.29, 0.717) is 32.5 Å². The Balaban J connectivity index is 1.84. The van der Waals surface area contributed by atoms with Gasteiger partial charge in [-0.1, -0.05) is 20.8 Å². The molecule has 2 fully saturated rings. The zero-order valence-corrected chi connectivity index (χ0v) is 19.6. The van der Waals surface area contributed by atoms with Gasteiger partial charge in [0.15, 0.2) is 8.32 Å². The lowest BCUT2D eigenvalue weighted by Gasteiger charge is -2.47. The topological polar surface area (TPSA) is 78.8 Å². The second-order valence-corrected chi connectivity index (χ2v) is 14.6. The van der Waals surface area contributed by atoms with E-state index >= 15 is 0 Å². The molecular weight excluding hydrogens is 429 g/mol. The molecule has 0 bridgehead atoms. The number of anilines is 1. The fourth-order valence-corrected chi connectivity index (χ4v) is 5.10. The summed E-state index contributed by atoms with van der Waals surface area (Å²) in [5, 5.41) is 9.87. The number of aliphatic hydroxyl groups is 1. The molecule has 0 radical (unpaired) electrons. The van der Waals surface area contributed by atoms with Crippen LogP contribution in [-0.4, -0.2) is 72.1 Å². The van der Waals surface area contributed by atoms with Crippen molar-refractivity contribution in [3.63, 3.8) is 0 Å². The molecular formula is C20H31F3N4O3Si. The van der Waals surface area contributed by atoms with Crippen LogP contribution in [0, 0.1) is 0 Å². The van der Waals surface area contributed by atoms with Crippen molar-refractivity contribution in [3.8, 4) is 0 Å². The fraction of sp³-hybridized carbons (Fsp3) is 0.750. The SMILES string of the molecule is CC(C)(C)[Si](C)(C)O[C@@H]1CN(c2ncc(C(F)(F)F)cn2)CC[C@H]1N1CC[C@H](O)C1=O. The van der Waals surface area contributed by atoms with E-state index in [2.05, 4.69) is 43.8 Å². The molecule has 2 aliphatic rings. The van der Waals surface area contributed by atoms with Crippen molar-refractivity contribution in [2.75, 3.05) is 24.5 Å². The minimum Gasteiger partial charge on any atom is -0.410 e. The Morgan fingerprint density at radius 3 is 2.23 bits per heavy atom. The van der Waals surface area contributed by atoms with E-state index in [4.69, 9.17) is 4.43 Å². The quantitative estimate of drug-likeness (QED) is 0.696. The average Bonchev–Trinajstić information content (AvgIpc) is 2.99. The molecule has 2 saturated heterocycles. The summed E-state index contributed by atoms with van der Waals surface area (Å²) in [6.45, 7) is 11.9. The molecule has 1 N–H and O–H groups in total. The maximum atomic E-state index is 12.8. The Kier molecular flexibility index (Phi) is 6.42. The molecule has 0 aromatic carbocycles. The number of carbonyl (C=O) groups excluding carboxylic acids is 1. The first-order valence-electron chi connectivity index (χ1n) is 10.5. The van der Waals surface area contributed by atoms with Gasteiger partial charge in [0, 0.05) is 32.0 Å². The number of rotatable bonds is 4. The summed E-state index contributed by atoms with van der Waals surface area (Å²) >= 11 is 0. The smallest absolute Gasteiger partial charge is 0.410 e. The van der Waals surface area contributed by atoms with Crippen molar-refractivity contribution in [1.82, 2.24) is 14.9 Å². The van der Waals surface area contributed by atoms with E-state index in [-0.39, 0.29) is 29.0 Å². The summed E-state index contributed by atoms with van der Waals surface area (Å²) in [6.07, 6.45) is -3.29. The zero-order chi connectivity index (χ0) is 23.2. The van der Waals surface area contributed by atoms with Gasteiger partial charge in [-0.2, -0.15) is 13.2 Å². The number of likely N-dealkylation sites (tertiary alicyclic amines) is 1. The highest BCUT2D eigenvalue weighted by Gasteiger charge is 2.46. The van der Waals surface area contributed by atoms with Gasteiger partial charge in [0.1, 0.15) is 6.10 Å². The van der Waals surface area contributed by atoms with Gasteiger partial charge < -0.3 is 19.3 Å². The molecule has 1 aromatic heterocycles. The van der Waals surface area contributed by atoms with Crippen LogP contribution in [0.3, 0.4) is 0 Å². The summed E-state index contributed by atoms with van der Waals surface area (Å²) < 4.78 is 45.2. The fourth-order valence-electron chi connectivity index (χ4n) is 3.76. The Bertz CT molecular complexity index is 798. The van der Waals surface area contributed by atoms with E-state index in [9.17, 15) is 23.1 Å². The Labute approximate surface area is 181 Å². The highest BCUT2D eigenvalue weighted by atomic mass is 28.4. The number of aliphatic hydroxyl groups excluding tert-OH is 1. The van der Waals surface area contributed by atoms with E-state index in [1.54, 1.807) is 4.90 Å². The molecule has 3 atom stereocenters. The lowest BCUT2D eigenvalue weighted by atomic mass is 10.0. The third kappa shape index (κ3) is 5.03. The monoisotopic (exact) mass is 460 g/mol. The molecule has 3 rings (SSSR count). The Morgan fingerprint density at radius 1 is 1.13 bits per heavy atom. The molecule has 7 nitrogen and oxygen atoms in total. The van der Waals surface area contributed by atoms with Crippen LogP contribution < -0.4 is 4.90 Å². The van der Waals surface area contributed by atoms with Gasteiger partial charge in [0.05, 0.1) is 17.7 Å². The van der Waals surface area contributed by atoms with Crippen LogP contribution in [0.1, 0.15) is 39.2 Å². The van der Waals surface area contributed by atoms with E-state index in [0.717, 1.165) is 12.4 Å². The van der Waals surface area contributed by atoms with Gasteiger partial charge in [0.2, 0.25) is 5.95 Å². The van der Waals surface area contributed by atoms with Gasteiger partial charge in [-0.25, -0.2) is 9.97 Å². The number of amides is 1. The first-order chi connectivity index (χ1) is 14.2. The van der Waals surface area contributed by atoms with Crippen molar-refractivity contribution < 1.29 is 27.5 Å². The summed E-state index contributed by atoms with van der Waals surface area (Å²) in [4.78, 5) is 23.9. The number of nitrogens with zero attached hydrogens (tertiary/aromatic N) is 4. The number of aromatic nitrogens is 2. The molecule has 1 aromatic rings. The molecule has 0 saturated carbocycles. The molecule has 31 heavy (non-hydrogen) atoms. The highest BCUT2D eigenvalue weighted by molar-refractivity contribution is 6.74. The number of halogens is 3. The molecule has 11 heteroatoms. The maximum Gasteiger partial charge on any atom is 0.419 e. The van der Waals surface area contributed by atoms with Gasteiger partial charge in [-0.05, 0) is 31.0 Å². The molecule has 2 aliphatic heterocycles. The second kappa shape index (κ2) is 8.32. The number of alkyl halides is 3. The summed E-state index contributed by atoms with van der Waals surface area (Å²) in [7, 11) is -2.21. The van der Waals surface area contributed by atoms with Crippen molar-refractivity contribution in [1.29, 1.82) is 0 Å². The van der Waals surface area contributed by atoms with Crippen molar-refractivity contribution >= 4 is 20.2 Å². The molecule has 3 heterocycles. The molecule has 0 aliphatic carbocycles. The van der Waals surface area contributed by atoms with Crippen molar-refractivity contribution in [2.24, 2.45) is 0 Å².